The molecule has 7 rings (SSSR count). The zero-order valence-corrected chi connectivity index (χ0v) is 17.0. The van der Waals surface area contributed by atoms with E-state index >= 15 is 0 Å². The first kappa shape index (κ1) is 17.8. The molecule has 156 valence electrons. The molecule has 4 heterocycles. The van der Waals surface area contributed by atoms with Crippen LogP contribution in [0.1, 0.15) is 16.7 Å². The molecule has 0 radical (unpaired) electrons. The minimum absolute atomic E-state index is 0.0587. The summed E-state index contributed by atoms with van der Waals surface area (Å²) in [4.78, 5) is 20.9. The highest BCUT2D eigenvalue weighted by molar-refractivity contribution is 6.23. The maximum atomic E-state index is 12.9. The van der Waals surface area contributed by atoms with Gasteiger partial charge in [-0.25, -0.2) is 0 Å². The topological polar surface area (TPSA) is 83.3 Å². The second-order valence-corrected chi connectivity index (χ2v) is 8.96. The van der Waals surface area contributed by atoms with Crippen LogP contribution in [0.25, 0.3) is 32.6 Å². The molecule has 3 fully saturated rings. The van der Waals surface area contributed by atoms with Crippen LogP contribution in [0.4, 0.5) is 0 Å². The zero-order valence-electron chi connectivity index (χ0n) is 17.0. The Balaban J connectivity index is 1.54. The number of rotatable bonds is 6. The summed E-state index contributed by atoms with van der Waals surface area (Å²) in [6.45, 7) is 2.41. The Morgan fingerprint density at radius 3 is 1.97 bits per heavy atom. The van der Waals surface area contributed by atoms with Gasteiger partial charge in [-0.05, 0) is 40.1 Å². The molecule has 3 saturated heterocycles. The Kier molecular flexibility index (Phi) is 3.80. The molecule has 31 heavy (non-hydrogen) atoms. The van der Waals surface area contributed by atoms with Gasteiger partial charge in [-0.2, -0.15) is 0 Å². The van der Waals surface area contributed by atoms with E-state index < -0.39 is 0 Å². The highest BCUT2D eigenvalue weighted by Gasteiger charge is 2.29. The van der Waals surface area contributed by atoms with E-state index in [2.05, 4.69) is 28.2 Å². The summed E-state index contributed by atoms with van der Waals surface area (Å²) < 4.78 is 16.5. The van der Waals surface area contributed by atoms with E-state index in [-0.39, 0.29) is 11.5 Å². The van der Waals surface area contributed by atoms with Crippen molar-refractivity contribution in [1.82, 2.24) is 9.97 Å². The number of hydrogen-bond acceptors (Lipinski definition) is 5. The van der Waals surface area contributed by atoms with Crippen LogP contribution in [-0.4, -0.2) is 48.1 Å². The standard InChI is InChI=1S/C25H22N2O4/c28-23-9-22-20(8-15(23)5-18-12-31-18)19-6-13(3-16-10-29-16)14(4-17-11-30-17)7-21(19)24-25(22)27-2-1-26-24/h1-2,6-9,16-18,26H,3-5,10-12H2. The average Bonchev–Trinajstić information content (AvgIpc) is 3.61. The number of hydrogen-bond donors (Lipinski definition) is 1. The van der Waals surface area contributed by atoms with Crippen LogP contribution in [0.15, 0.2) is 41.5 Å². The lowest BCUT2D eigenvalue weighted by atomic mass is 9.90. The van der Waals surface area contributed by atoms with Crippen molar-refractivity contribution >= 4 is 32.6 Å². The molecule has 3 unspecified atom stereocenters. The average molecular weight is 414 g/mol. The van der Waals surface area contributed by atoms with Crippen molar-refractivity contribution in [2.45, 2.75) is 37.6 Å². The van der Waals surface area contributed by atoms with E-state index in [0.717, 1.165) is 70.8 Å². The molecule has 0 bridgehead atoms. The van der Waals surface area contributed by atoms with Crippen LogP contribution in [0.3, 0.4) is 0 Å². The summed E-state index contributed by atoms with van der Waals surface area (Å²) in [6.07, 6.45) is 6.91. The SMILES string of the molecule is O=c1cc2c(cc1CC1CO1)c1cc(CC3CO3)c(CC3CO3)cc1c1[nH]ccnc21. The Hall–Kier alpha value is -2.80. The number of benzene rings is 3. The van der Waals surface area contributed by atoms with Gasteiger partial charge >= 0.3 is 0 Å². The number of epoxide rings is 3. The van der Waals surface area contributed by atoms with Gasteiger partial charge in [0.1, 0.15) is 0 Å². The number of fused-ring (bicyclic) bond motifs is 6. The fourth-order valence-corrected chi connectivity index (χ4v) is 4.77. The maximum absolute atomic E-state index is 12.9. The molecule has 0 amide bonds. The Morgan fingerprint density at radius 2 is 1.32 bits per heavy atom. The number of aromatic amines is 1. The first-order valence-electron chi connectivity index (χ1n) is 11.0. The van der Waals surface area contributed by atoms with Crippen LogP contribution in [-0.2, 0) is 33.5 Å². The highest BCUT2D eigenvalue weighted by Crippen LogP contribution is 2.36. The van der Waals surface area contributed by atoms with Gasteiger partial charge in [0.05, 0.1) is 49.2 Å². The van der Waals surface area contributed by atoms with Gasteiger partial charge in [0.25, 0.3) is 0 Å². The Morgan fingerprint density at radius 1 is 0.774 bits per heavy atom. The molecular formula is C25H22N2O4. The van der Waals surface area contributed by atoms with Gasteiger partial charge in [-0.1, -0.05) is 6.07 Å². The maximum Gasteiger partial charge on any atom is 0.182 e. The third-order valence-corrected chi connectivity index (χ3v) is 6.65. The van der Waals surface area contributed by atoms with Crippen molar-refractivity contribution in [2.24, 2.45) is 0 Å². The van der Waals surface area contributed by atoms with Crippen LogP contribution in [0, 0.1) is 0 Å². The van der Waals surface area contributed by atoms with E-state index in [4.69, 9.17) is 14.2 Å². The van der Waals surface area contributed by atoms with Gasteiger partial charge < -0.3 is 19.2 Å². The number of H-pyrrole nitrogens is 1. The van der Waals surface area contributed by atoms with E-state index in [9.17, 15) is 4.79 Å². The third-order valence-electron chi connectivity index (χ3n) is 6.65. The van der Waals surface area contributed by atoms with Crippen molar-refractivity contribution in [3.05, 3.63) is 63.6 Å². The van der Waals surface area contributed by atoms with Gasteiger partial charge in [0, 0.05) is 48.0 Å². The highest BCUT2D eigenvalue weighted by atomic mass is 16.6. The molecule has 0 aliphatic carbocycles. The van der Waals surface area contributed by atoms with Crippen molar-refractivity contribution in [2.75, 3.05) is 19.8 Å². The van der Waals surface area contributed by atoms with Crippen molar-refractivity contribution < 1.29 is 14.2 Å². The molecule has 1 aromatic heterocycles. The quantitative estimate of drug-likeness (QED) is 0.387. The fourth-order valence-electron chi connectivity index (χ4n) is 4.77. The molecule has 3 atom stereocenters. The summed E-state index contributed by atoms with van der Waals surface area (Å²) in [5.41, 5.74) is 5.31. The number of ether oxygens (including phenoxy) is 3. The molecule has 0 saturated carbocycles. The lowest BCUT2D eigenvalue weighted by Gasteiger charge is -2.15. The van der Waals surface area contributed by atoms with E-state index in [0.29, 0.717) is 18.6 Å². The lowest BCUT2D eigenvalue weighted by molar-refractivity contribution is 0.402. The third kappa shape index (κ3) is 3.22. The number of nitrogens with zero attached hydrogens (tertiary/aromatic N) is 1. The molecular weight excluding hydrogens is 392 g/mol. The predicted octanol–water partition coefficient (Wildman–Crippen LogP) is 3.05. The largest absolute Gasteiger partial charge is 0.373 e. The van der Waals surface area contributed by atoms with Gasteiger partial charge in [-0.3, -0.25) is 9.78 Å². The number of nitrogens with one attached hydrogen (secondary N) is 1. The van der Waals surface area contributed by atoms with Crippen LogP contribution < -0.4 is 5.43 Å². The lowest BCUT2D eigenvalue weighted by Crippen LogP contribution is -2.10. The predicted molar refractivity (Wildman–Crippen MR) is 118 cm³/mol. The monoisotopic (exact) mass is 414 g/mol. The first-order valence-corrected chi connectivity index (χ1v) is 11.0. The summed E-state index contributed by atoms with van der Waals surface area (Å²) in [5.74, 6) is 0. The minimum atomic E-state index is 0.0587. The van der Waals surface area contributed by atoms with E-state index in [1.807, 2.05) is 6.20 Å². The summed E-state index contributed by atoms with van der Waals surface area (Å²) in [7, 11) is 0. The summed E-state index contributed by atoms with van der Waals surface area (Å²) in [6, 6.07) is 8.42. The molecule has 4 aromatic rings. The van der Waals surface area contributed by atoms with E-state index in [1.54, 1.807) is 12.3 Å². The smallest absolute Gasteiger partial charge is 0.182 e. The Labute approximate surface area is 178 Å². The molecule has 3 aliphatic rings. The van der Waals surface area contributed by atoms with Crippen molar-refractivity contribution in [3.63, 3.8) is 0 Å². The molecule has 6 heteroatoms. The summed E-state index contributed by atoms with van der Waals surface area (Å²) in [5, 5.41) is 4.27. The normalized spacial score (nSPS) is 24.2. The first-order chi connectivity index (χ1) is 15.2. The van der Waals surface area contributed by atoms with Crippen molar-refractivity contribution in [1.29, 1.82) is 0 Å². The fraction of sp³-hybridized carbons (Fsp3) is 0.360. The molecule has 3 aliphatic heterocycles. The number of aromatic nitrogens is 2. The minimum Gasteiger partial charge on any atom is -0.373 e. The second kappa shape index (κ2) is 6.60. The van der Waals surface area contributed by atoms with Crippen LogP contribution >= 0.6 is 0 Å². The van der Waals surface area contributed by atoms with Gasteiger partial charge in [-0.15, -0.1) is 0 Å². The van der Waals surface area contributed by atoms with Crippen LogP contribution in [0.5, 0.6) is 0 Å². The van der Waals surface area contributed by atoms with E-state index in [1.165, 1.54) is 11.1 Å². The Bertz CT molecular complexity index is 1410. The van der Waals surface area contributed by atoms with Gasteiger partial charge in [0.15, 0.2) is 5.43 Å². The molecule has 0 spiro atoms. The summed E-state index contributed by atoms with van der Waals surface area (Å²) >= 11 is 0. The molecule has 1 N–H and O–H groups in total. The van der Waals surface area contributed by atoms with Crippen LogP contribution in [0.2, 0.25) is 0 Å². The molecule has 3 aromatic carbocycles. The van der Waals surface area contributed by atoms with Gasteiger partial charge in [0.2, 0.25) is 0 Å². The van der Waals surface area contributed by atoms with Crippen molar-refractivity contribution in [3.8, 4) is 0 Å². The second-order valence-electron chi connectivity index (χ2n) is 8.96. The molecule has 6 nitrogen and oxygen atoms in total. The zero-order chi connectivity index (χ0) is 20.5.